The van der Waals surface area contributed by atoms with E-state index in [2.05, 4.69) is 9.89 Å². The normalized spacial score (nSPS) is 24.2. The highest BCUT2D eigenvalue weighted by Crippen LogP contribution is 2.28. The van der Waals surface area contributed by atoms with Crippen molar-refractivity contribution in [3.63, 3.8) is 0 Å². The van der Waals surface area contributed by atoms with Crippen LogP contribution in [-0.4, -0.2) is 65.7 Å². The van der Waals surface area contributed by atoms with Crippen molar-refractivity contribution in [1.29, 1.82) is 0 Å². The van der Waals surface area contributed by atoms with Gasteiger partial charge in [0.25, 0.3) is 17.8 Å². The molecule has 8 heteroatoms. The number of fused-ring (bicyclic) bond motifs is 3. The topological polar surface area (TPSA) is 73.2 Å². The number of aromatic nitrogens is 1. The lowest BCUT2D eigenvalue weighted by Crippen LogP contribution is -2.63. The minimum Gasteiger partial charge on any atom is -0.390 e. The molecule has 0 bridgehead atoms. The zero-order chi connectivity index (χ0) is 16.8. The summed E-state index contributed by atoms with van der Waals surface area (Å²) in [6, 6.07) is -0.533. The van der Waals surface area contributed by atoms with Crippen molar-refractivity contribution >= 4 is 23.8 Å². The molecule has 1 aromatic rings. The maximum absolute atomic E-state index is 12.9. The SMILES string of the molecule is Cc1c[n+]2c(o1)N=C1C2C(=O)N(CCN2CCCCC2)C(=O)N1C. The number of amidine groups is 1. The number of hydrogen-bond acceptors (Lipinski definition) is 5. The van der Waals surface area contributed by atoms with Crippen molar-refractivity contribution in [3.8, 4) is 0 Å². The van der Waals surface area contributed by atoms with E-state index in [1.807, 2.05) is 6.92 Å². The maximum atomic E-state index is 12.9. The van der Waals surface area contributed by atoms with Gasteiger partial charge in [-0.1, -0.05) is 6.42 Å². The van der Waals surface area contributed by atoms with Crippen LogP contribution in [0.15, 0.2) is 15.6 Å². The molecule has 3 aliphatic heterocycles. The van der Waals surface area contributed by atoms with Crippen LogP contribution in [0.1, 0.15) is 31.1 Å². The molecule has 0 N–H and O–H groups in total. The van der Waals surface area contributed by atoms with E-state index in [9.17, 15) is 9.59 Å². The van der Waals surface area contributed by atoms with Gasteiger partial charge in [-0.3, -0.25) is 14.6 Å². The Hall–Kier alpha value is -2.22. The number of likely N-dealkylation sites (tertiary alicyclic amines) is 1. The second kappa shape index (κ2) is 5.70. The predicted molar refractivity (Wildman–Crippen MR) is 84.9 cm³/mol. The van der Waals surface area contributed by atoms with E-state index < -0.39 is 6.04 Å². The molecule has 3 amide bonds. The summed E-state index contributed by atoms with van der Waals surface area (Å²) in [6.07, 6.45) is 5.41. The van der Waals surface area contributed by atoms with Gasteiger partial charge in [-0.25, -0.2) is 4.79 Å². The van der Waals surface area contributed by atoms with Gasteiger partial charge < -0.3 is 9.32 Å². The lowest BCUT2D eigenvalue weighted by molar-refractivity contribution is -0.679. The van der Waals surface area contributed by atoms with Crippen LogP contribution in [0, 0.1) is 6.92 Å². The van der Waals surface area contributed by atoms with Crippen LogP contribution in [0.3, 0.4) is 0 Å². The van der Waals surface area contributed by atoms with E-state index in [1.165, 1.54) is 29.1 Å². The number of aryl methyl sites for hydroxylation is 1. The van der Waals surface area contributed by atoms with Crippen LogP contribution in [0.5, 0.6) is 0 Å². The minimum atomic E-state index is -0.596. The molecular formula is C16H22N5O3+. The summed E-state index contributed by atoms with van der Waals surface area (Å²) in [4.78, 5) is 35.0. The van der Waals surface area contributed by atoms with E-state index in [4.69, 9.17) is 4.42 Å². The van der Waals surface area contributed by atoms with Crippen LogP contribution in [0.2, 0.25) is 0 Å². The van der Waals surface area contributed by atoms with Gasteiger partial charge in [0.15, 0.2) is 0 Å². The van der Waals surface area contributed by atoms with Crippen molar-refractivity contribution in [2.24, 2.45) is 4.99 Å². The smallest absolute Gasteiger partial charge is 0.390 e. The first-order valence-electron chi connectivity index (χ1n) is 8.48. The average molecular weight is 332 g/mol. The summed E-state index contributed by atoms with van der Waals surface area (Å²) in [5.41, 5.74) is 0. The molecule has 2 saturated heterocycles. The van der Waals surface area contributed by atoms with Crippen LogP contribution in [0.4, 0.5) is 10.8 Å². The van der Waals surface area contributed by atoms with Gasteiger partial charge in [0.05, 0.1) is 0 Å². The Morgan fingerprint density at radius 2 is 2.00 bits per heavy atom. The average Bonchev–Trinajstić information content (AvgIpc) is 3.09. The fraction of sp³-hybridized carbons (Fsp3) is 0.625. The second-order valence-electron chi connectivity index (χ2n) is 6.64. The molecule has 4 heterocycles. The van der Waals surface area contributed by atoms with Crippen molar-refractivity contribution < 1.29 is 18.6 Å². The number of carbonyl (C=O) groups excluding carboxylic acids is 2. The van der Waals surface area contributed by atoms with Crippen molar-refractivity contribution in [2.45, 2.75) is 32.2 Å². The van der Waals surface area contributed by atoms with Gasteiger partial charge in [-0.2, -0.15) is 4.57 Å². The van der Waals surface area contributed by atoms with E-state index in [0.717, 1.165) is 19.6 Å². The van der Waals surface area contributed by atoms with Gasteiger partial charge in [-0.15, -0.1) is 0 Å². The molecule has 24 heavy (non-hydrogen) atoms. The summed E-state index contributed by atoms with van der Waals surface area (Å²) in [5, 5.41) is 0. The molecule has 2 fully saturated rings. The third-order valence-corrected chi connectivity index (χ3v) is 4.98. The van der Waals surface area contributed by atoms with E-state index in [1.54, 1.807) is 17.8 Å². The quantitative estimate of drug-likeness (QED) is 0.769. The van der Waals surface area contributed by atoms with Gasteiger partial charge in [0, 0.05) is 25.1 Å². The standard InChI is InChI=1S/C16H22N5O3/c1-11-10-21-12-13(17-15(21)24-11)18(2)16(23)20(14(12)22)9-8-19-6-4-3-5-7-19/h10,12H,3-9H2,1-2H3/q+1. The molecule has 8 nitrogen and oxygen atoms in total. The Morgan fingerprint density at radius 1 is 1.25 bits per heavy atom. The zero-order valence-corrected chi connectivity index (χ0v) is 14.1. The number of oxazole rings is 1. The first-order valence-corrected chi connectivity index (χ1v) is 8.48. The lowest BCUT2D eigenvalue weighted by Gasteiger charge is -2.34. The number of imide groups is 1. The van der Waals surface area contributed by atoms with Gasteiger partial charge in [0.2, 0.25) is 0 Å². The van der Waals surface area contributed by atoms with Crippen molar-refractivity contribution in [1.82, 2.24) is 14.7 Å². The highest BCUT2D eigenvalue weighted by Gasteiger charge is 2.54. The Labute approximate surface area is 140 Å². The highest BCUT2D eigenvalue weighted by atomic mass is 16.4. The summed E-state index contributed by atoms with van der Waals surface area (Å²) in [6.45, 7) is 5.05. The van der Waals surface area contributed by atoms with Gasteiger partial charge in [0.1, 0.15) is 12.0 Å². The number of hydrogen-bond donors (Lipinski definition) is 0. The molecule has 0 spiro atoms. The maximum Gasteiger partial charge on any atom is 0.506 e. The number of aliphatic imine (C=N–C) groups is 1. The lowest BCUT2D eigenvalue weighted by atomic mass is 10.1. The third-order valence-electron chi connectivity index (χ3n) is 4.98. The Bertz CT molecular complexity index is 719. The highest BCUT2D eigenvalue weighted by molar-refractivity contribution is 6.18. The van der Waals surface area contributed by atoms with Gasteiger partial charge >= 0.3 is 12.0 Å². The fourth-order valence-corrected chi connectivity index (χ4v) is 3.66. The monoisotopic (exact) mass is 332 g/mol. The summed E-state index contributed by atoms with van der Waals surface area (Å²) in [7, 11) is 1.66. The molecule has 0 saturated carbocycles. The third kappa shape index (κ3) is 2.32. The fourth-order valence-electron chi connectivity index (χ4n) is 3.66. The first kappa shape index (κ1) is 15.3. The van der Waals surface area contributed by atoms with E-state index in [0.29, 0.717) is 24.2 Å². The number of piperidine rings is 1. The Morgan fingerprint density at radius 3 is 2.75 bits per heavy atom. The van der Waals surface area contributed by atoms with Crippen LogP contribution in [0.25, 0.3) is 0 Å². The van der Waals surface area contributed by atoms with E-state index >= 15 is 0 Å². The number of rotatable bonds is 3. The Balaban J connectivity index is 1.55. The molecule has 3 aliphatic rings. The van der Waals surface area contributed by atoms with Gasteiger partial charge in [-0.05, 0) is 32.9 Å². The summed E-state index contributed by atoms with van der Waals surface area (Å²) < 4.78 is 7.21. The largest absolute Gasteiger partial charge is 0.506 e. The van der Waals surface area contributed by atoms with Crippen molar-refractivity contribution in [2.75, 3.05) is 33.2 Å². The number of urea groups is 1. The molecule has 1 unspecified atom stereocenters. The molecule has 0 aromatic carbocycles. The van der Waals surface area contributed by atoms with Crippen LogP contribution < -0.4 is 4.57 Å². The zero-order valence-electron chi connectivity index (χ0n) is 14.1. The van der Waals surface area contributed by atoms with Crippen molar-refractivity contribution in [3.05, 3.63) is 12.0 Å². The molecular weight excluding hydrogens is 310 g/mol. The first-order chi connectivity index (χ1) is 11.6. The molecule has 4 rings (SSSR count). The summed E-state index contributed by atoms with van der Waals surface area (Å²) >= 11 is 0. The van der Waals surface area contributed by atoms with E-state index in [-0.39, 0.29) is 11.9 Å². The van der Waals surface area contributed by atoms with Crippen LogP contribution in [-0.2, 0) is 4.79 Å². The molecule has 0 radical (unpaired) electrons. The second-order valence-corrected chi connectivity index (χ2v) is 6.64. The number of likely N-dealkylation sites (N-methyl/N-ethyl adjacent to an activating group) is 1. The summed E-state index contributed by atoms with van der Waals surface area (Å²) in [5.74, 6) is 0.913. The molecule has 128 valence electrons. The number of amides is 3. The number of nitrogens with zero attached hydrogens (tertiary/aromatic N) is 5. The molecule has 1 atom stereocenters. The predicted octanol–water partition coefficient (Wildman–Crippen LogP) is 0.840. The number of carbonyl (C=O) groups is 2. The molecule has 0 aliphatic carbocycles. The van der Waals surface area contributed by atoms with Crippen LogP contribution >= 0.6 is 0 Å². The Kier molecular flexibility index (Phi) is 3.64. The minimum absolute atomic E-state index is 0.224. The molecule has 1 aromatic heterocycles.